The van der Waals surface area contributed by atoms with Crippen molar-refractivity contribution in [1.82, 2.24) is 0 Å². The first kappa shape index (κ1) is 18.2. The average molecular weight is 360 g/mol. The van der Waals surface area contributed by atoms with Crippen LogP contribution in [0.15, 0.2) is 71.4 Å². The average Bonchev–Trinajstić information content (AvgIpc) is 2.61. The number of carbonyl (C=O) groups excluding carboxylic acids is 1. The normalized spacial score (nSPS) is 12.4. The topological polar surface area (TPSA) is 89.3 Å². The monoisotopic (exact) mass is 360 g/mol. The predicted molar refractivity (Wildman–Crippen MR) is 107 cm³/mol. The van der Waals surface area contributed by atoms with E-state index < -0.39 is 5.97 Å². The van der Waals surface area contributed by atoms with E-state index in [1.165, 1.54) is 6.92 Å². The summed E-state index contributed by atoms with van der Waals surface area (Å²) in [5, 5.41) is 9.06. The van der Waals surface area contributed by atoms with Crippen LogP contribution in [0.1, 0.15) is 19.4 Å². The Bertz CT molecular complexity index is 1140. The summed E-state index contributed by atoms with van der Waals surface area (Å²) in [7, 11) is 0. The van der Waals surface area contributed by atoms with Crippen LogP contribution in [0, 0.1) is 5.41 Å². The lowest BCUT2D eigenvalue weighted by Crippen LogP contribution is -2.05. The minimum absolute atomic E-state index is 0.337. The van der Waals surface area contributed by atoms with Crippen LogP contribution in [0.4, 0.5) is 5.69 Å². The third-order valence-electron chi connectivity index (χ3n) is 4.09. The molecular formula is C22H20N2O3. The van der Waals surface area contributed by atoms with Crippen LogP contribution in [-0.4, -0.2) is 5.97 Å². The van der Waals surface area contributed by atoms with Crippen LogP contribution in [-0.2, 0) is 9.53 Å². The molecule has 0 amide bonds. The van der Waals surface area contributed by atoms with E-state index in [0.717, 1.165) is 22.1 Å². The molecule has 1 aromatic carbocycles. The van der Waals surface area contributed by atoms with Gasteiger partial charge in [0.1, 0.15) is 17.1 Å². The van der Waals surface area contributed by atoms with Gasteiger partial charge in [0.05, 0.1) is 5.36 Å². The molecule has 0 aromatic heterocycles. The smallest absolute Gasteiger partial charge is 0.308 e. The lowest BCUT2D eigenvalue weighted by molar-refractivity contribution is -0.136. The number of esters is 1. The Morgan fingerprint density at radius 1 is 1.26 bits per heavy atom. The zero-order valence-corrected chi connectivity index (χ0v) is 15.2. The fourth-order valence-corrected chi connectivity index (χ4v) is 3.05. The zero-order chi connectivity index (χ0) is 19.6. The summed E-state index contributed by atoms with van der Waals surface area (Å²) in [4.78, 5) is 11.6. The van der Waals surface area contributed by atoms with E-state index in [4.69, 9.17) is 20.3 Å². The first-order chi connectivity index (χ1) is 12.9. The molecule has 0 radical (unpaired) electrons. The minimum atomic E-state index is -0.422. The maximum atomic E-state index is 11.6. The third kappa shape index (κ3) is 3.53. The third-order valence-corrected chi connectivity index (χ3v) is 4.09. The van der Waals surface area contributed by atoms with Crippen LogP contribution >= 0.6 is 0 Å². The van der Waals surface area contributed by atoms with Crippen LogP contribution in [0.3, 0.4) is 0 Å². The van der Waals surface area contributed by atoms with Crippen LogP contribution in [0.2, 0.25) is 0 Å². The molecule has 1 aromatic rings. The molecule has 5 nitrogen and oxygen atoms in total. The fourth-order valence-electron chi connectivity index (χ4n) is 3.05. The second-order valence-electron chi connectivity index (χ2n) is 6.01. The minimum Gasteiger partial charge on any atom is -0.456 e. The molecular weight excluding hydrogens is 340 g/mol. The van der Waals surface area contributed by atoms with E-state index in [0.29, 0.717) is 28.1 Å². The van der Waals surface area contributed by atoms with Gasteiger partial charge >= 0.3 is 5.97 Å². The zero-order valence-electron chi connectivity index (χ0n) is 15.2. The van der Waals surface area contributed by atoms with Gasteiger partial charge in [-0.2, -0.15) is 0 Å². The first-order valence-corrected chi connectivity index (χ1v) is 8.43. The molecule has 1 heterocycles. The summed E-state index contributed by atoms with van der Waals surface area (Å²) in [5.41, 5.74) is 9.44. The summed E-state index contributed by atoms with van der Waals surface area (Å²) < 4.78 is 11.4. The number of benzene rings is 2. The molecule has 0 bridgehead atoms. The van der Waals surface area contributed by atoms with Crippen molar-refractivity contribution in [2.24, 2.45) is 0 Å². The number of nitrogens with two attached hydrogens (primary N) is 1. The molecule has 1 aliphatic carbocycles. The molecule has 136 valence electrons. The molecule has 0 fully saturated rings. The lowest BCUT2D eigenvalue weighted by atomic mass is 9.92. The maximum absolute atomic E-state index is 11.6. The van der Waals surface area contributed by atoms with E-state index in [-0.39, 0.29) is 0 Å². The number of ether oxygens (including phenoxy) is 1. The van der Waals surface area contributed by atoms with E-state index in [1.807, 2.05) is 25.1 Å². The number of carbonyl (C=O) groups is 1. The molecule has 3 N–H and O–H groups in total. The van der Waals surface area contributed by atoms with Crippen molar-refractivity contribution in [3.63, 3.8) is 0 Å². The van der Waals surface area contributed by atoms with Crippen LogP contribution in [0.5, 0.6) is 0 Å². The largest absolute Gasteiger partial charge is 0.456 e. The lowest BCUT2D eigenvalue weighted by Gasteiger charge is -2.19. The van der Waals surface area contributed by atoms with Gasteiger partial charge in [0, 0.05) is 46.8 Å². The number of anilines is 1. The fraction of sp³-hybridized carbons (Fsp3) is 0.0909. The molecule has 1 aliphatic heterocycles. The molecule has 5 heteroatoms. The number of allylic oxidation sites excluding steroid dienone is 4. The summed E-state index contributed by atoms with van der Waals surface area (Å²) in [6.07, 6.45) is 5.09. The highest BCUT2D eigenvalue weighted by molar-refractivity contribution is 6.02. The van der Waals surface area contributed by atoms with Crippen molar-refractivity contribution < 1.29 is 13.9 Å². The van der Waals surface area contributed by atoms with Gasteiger partial charge in [-0.25, -0.2) is 0 Å². The predicted octanol–water partition coefficient (Wildman–Crippen LogP) is 4.64. The number of fused-ring (bicyclic) bond motifs is 2. The van der Waals surface area contributed by atoms with Gasteiger partial charge in [0.15, 0.2) is 0 Å². The van der Waals surface area contributed by atoms with Gasteiger partial charge in [-0.05, 0) is 37.3 Å². The molecule has 0 saturated carbocycles. The van der Waals surface area contributed by atoms with E-state index >= 15 is 0 Å². The summed E-state index contributed by atoms with van der Waals surface area (Å²) in [6, 6.07) is 10.6. The van der Waals surface area contributed by atoms with Crippen molar-refractivity contribution in [2.75, 3.05) is 5.73 Å². The highest BCUT2D eigenvalue weighted by Gasteiger charge is 2.21. The van der Waals surface area contributed by atoms with Gasteiger partial charge in [-0.3, -0.25) is 4.79 Å². The Morgan fingerprint density at radius 2 is 2.04 bits per heavy atom. The Hall–Kier alpha value is -3.60. The Balaban J connectivity index is 2.42. The van der Waals surface area contributed by atoms with Crippen molar-refractivity contribution in [2.45, 2.75) is 13.8 Å². The SMILES string of the molecule is C=C/C=C(OC(C)=O)\C(=C/C)c1c2ccc(=N)cc-2oc2cc(N)ccc12. The Kier molecular flexibility index (Phi) is 4.94. The van der Waals surface area contributed by atoms with Gasteiger partial charge in [0.25, 0.3) is 0 Å². The second kappa shape index (κ2) is 7.33. The Labute approximate surface area is 156 Å². The molecule has 27 heavy (non-hydrogen) atoms. The van der Waals surface area contributed by atoms with Crippen molar-refractivity contribution >= 4 is 28.2 Å². The number of rotatable bonds is 4. The molecule has 2 aliphatic rings. The van der Waals surface area contributed by atoms with Gasteiger partial charge in [-0.1, -0.05) is 18.7 Å². The van der Waals surface area contributed by atoms with Gasteiger partial charge in [0.2, 0.25) is 0 Å². The quantitative estimate of drug-likeness (QED) is 0.233. The van der Waals surface area contributed by atoms with Crippen molar-refractivity contribution in [3.05, 3.63) is 77.9 Å². The Morgan fingerprint density at radius 3 is 2.70 bits per heavy atom. The molecule has 0 spiro atoms. The molecule has 0 unspecified atom stereocenters. The van der Waals surface area contributed by atoms with E-state index in [9.17, 15) is 4.79 Å². The number of nitrogens with one attached hydrogen (secondary N) is 1. The highest BCUT2D eigenvalue weighted by Crippen LogP contribution is 2.40. The first-order valence-electron chi connectivity index (χ1n) is 8.43. The standard InChI is InChI=1S/C22H20N2O3/c1-4-6-19(26-13(3)25)16(5-2)22-17-9-7-14(23)11-20(17)27-21-12-15(24)8-10-18(21)22/h4-12,23H,1,24H2,2-3H3/b16-5+,19-6+,23-14?. The van der Waals surface area contributed by atoms with Crippen molar-refractivity contribution in [1.29, 1.82) is 5.41 Å². The van der Waals surface area contributed by atoms with Crippen LogP contribution in [0.25, 0.3) is 27.9 Å². The van der Waals surface area contributed by atoms with Crippen molar-refractivity contribution in [3.8, 4) is 11.3 Å². The van der Waals surface area contributed by atoms with Gasteiger partial charge in [-0.15, -0.1) is 0 Å². The summed E-state index contributed by atoms with van der Waals surface area (Å²) in [6.45, 7) is 6.93. The second-order valence-corrected chi connectivity index (χ2v) is 6.01. The summed E-state index contributed by atoms with van der Waals surface area (Å²) >= 11 is 0. The van der Waals surface area contributed by atoms with E-state index in [1.54, 1.807) is 36.4 Å². The summed E-state index contributed by atoms with van der Waals surface area (Å²) in [5.74, 6) is 0.519. The number of hydrogen-bond acceptors (Lipinski definition) is 5. The van der Waals surface area contributed by atoms with E-state index in [2.05, 4.69) is 6.58 Å². The van der Waals surface area contributed by atoms with Gasteiger partial charge < -0.3 is 20.3 Å². The van der Waals surface area contributed by atoms with Crippen LogP contribution < -0.4 is 11.1 Å². The molecule has 0 saturated heterocycles. The number of nitrogen functional groups attached to an aromatic ring is 1. The highest BCUT2D eigenvalue weighted by atomic mass is 16.5. The maximum Gasteiger partial charge on any atom is 0.308 e. The molecule has 3 rings (SSSR count). The molecule has 0 atom stereocenters. The number of hydrogen-bond donors (Lipinski definition) is 2.